The number of nitrogens with zero attached hydrogens (tertiary/aromatic N) is 3. The molecular weight excluding hydrogens is 346 g/mol. The molecule has 0 bridgehead atoms. The molecule has 0 radical (unpaired) electrons. The number of aryl methyl sites for hydroxylation is 2. The third-order valence-electron chi connectivity index (χ3n) is 5.83. The summed E-state index contributed by atoms with van der Waals surface area (Å²) in [6, 6.07) is 16.4. The minimum atomic E-state index is -0.715. The maximum absolute atomic E-state index is 11.1. The smallest absolute Gasteiger partial charge is 0.159 e. The Morgan fingerprint density at radius 2 is 1.50 bits per heavy atom. The zero-order chi connectivity index (χ0) is 19.6. The molecule has 4 rings (SSSR count). The number of hydrogen-bond acceptors (Lipinski definition) is 4. The molecule has 1 aromatic heterocycles. The molecule has 3 aromatic rings. The predicted octanol–water partition coefficient (Wildman–Crippen LogP) is 4.24. The topological polar surface area (TPSA) is 49.2 Å². The summed E-state index contributed by atoms with van der Waals surface area (Å²) in [6.45, 7) is 6.70. The predicted molar refractivity (Wildman–Crippen MR) is 112 cm³/mol. The number of hydrogen-bond donors (Lipinski definition) is 1. The van der Waals surface area contributed by atoms with Crippen molar-refractivity contribution in [1.29, 1.82) is 0 Å². The lowest BCUT2D eigenvalue weighted by Gasteiger charge is -2.39. The maximum atomic E-state index is 11.1. The van der Waals surface area contributed by atoms with E-state index in [9.17, 15) is 5.11 Å². The van der Waals surface area contributed by atoms with Crippen LogP contribution in [0, 0.1) is 13.8 Å². The van der Waals surface area contributed by atoms with Gasteiger partial charge in [0.15, 0.2) is 5.82 Å². The van der Waals surface area contributed by atoms with Gasteiger partial charge in [-0.3, -0.25) is 4.90 Å². The van der Waals surface area contributed by atoms with E-state index in [-0.39, 0.29) is 0 Å². The molecule has 1 saturated heterocycles. The molecule has 1 N–H and O–H groups in total. The summed E-state index contributed by atoms with van der Waals surface area (Å²) in [7, 11) is 0. The molecule has 0 saturated carbocycles. The van der Waals surface area contributed by atoms with Crippen molar-refractivity contribution >= 4 is 0 Å². The average molecular weight is 374 g/mol. The normalized spacial score (nSPS) is 16.8. The number of likely N-dealkylation sites (tertiary alicyclic amines) is 1. The molecule has 28 heavy (non-hydrogen) atoms. The Bertz CT molecular complexity index is 944. The third-order valence-corrected chi connectivity index (χ3v) is 5.83. The molecule has 1 aliphatic rings. The Morgan fingerprint density at radius 3 is 2.14 bits per heavy atom. The summed E-state index contributed by atoms with van der Waals surface area (Å²) in [6.07, 6.45) is 5.36. The van der Waals surface area contributed by atoms with E-state index in [4.69, 9.17) is 0 Å². The molecule has 0 unspecified atom stereocenters. The van der Waals surface area contributed by atoms with Gasteiger partial charge in [-0.2, -0.15) is 0 Å². The van der Waals surface area contributed by atoms with Crippen molar-refractivity contribution < 1.29 is 5.11 Å². The second-order valence-corrected chi connectivity index (χ2v) is 7.85. The first-order valence-electron chi connectivity index (χ1n) is 9.93. The largest absolute Gasteiger partial charge is 0.385 e. The van der Waals surface area contributed by atoms with Crippen molar-refractivity contribution in [2.75, 3.05) is 13.1 Å². The molecule has 4 nitrogen and oxygen atoms in total. The highest BCUT2D eigenvalue weighted by Gasteiger charge is 2.34. The van der Waals surface area contributed by atoms with Gasteiger partial charge in [0.1, 0.15) is 0 Å². The lowest BCUT2D eigenvalue weighted by Crippen LogP contribution is -2.42. The van der Waals surface area contributed by atoms with E-state index >= 15 is 0 Å². The highest BCUT2D eigenvalue weighted by molar-refractivity contribution is 5.59. The molecular formula is C24H27N3O. The first kappa shape index (κ1) is 18.8. The number of aromatic nitrogens is 2. The fraction of sp³-hybridized carbons (Fsp3) is 0.333. The van der Waals surface area contributed by atoms with Crippen LogP contribution in [0.4, 0.5) is 0 Å². The summed E-state index contributed by atoms with van der Waals surface area (Å²) >= 11 is 0. The molecule has 1 aliphatic heterocycles. The van der Waals surface area contributed by atoms with E-state index < -0.39 is 5.60 Å². The van der Waals surface area contributed by atoms with Gasteiger partial charge in [0.25, 0.3) is 0 Å². The Hall–Kier alpha value is -2.56. The lowest BCUT2D eigenvalue weighted by atomic mass is 9.82. The number of aliphatic hydroxyl groups is 1. The van der Waals surface area contributed by atoms with Crippen molar-refractivity contribution in [1.82, 2.24) is 14.9 Å². The van der Waals surface area contributed by atoms with Gasteiger partial charge in [0.05, 0.1) is 5.60 Å². The SMILES string of the molecule is Cc1ccccc1-c1ncc(CN2CCC(O)(c3ccccc3C)CC2)cn1. The van der Waals surface area contributed by atoms with Crippen LogP contribution >= 0.6 is 0 Å². The third kappa shape index (κ3) is 3.84. The maximum Gasteiger partial charge on any atom is 0.159 e. The Balaban J connectivity index is 1.40. The van der Waals surface area contributed by atoms with Crippen LogP contribution in [0.5, 0.6) is 0 Å². The summed E-state index contributed by atoms with van der Waals surface area (Å²) in [5.41, 5.74) is 4.89. The van der Waals surface area contributed by atoms with Crippen LogP contribution in [-0.4, -0.2) is 33.1 Å². The standard InChI is InChI=1S/C24H27N3O/c1-18-7-3-5-9-21(18)23-25-15-20(16-26-23)17-27-13-11-24(28,12-14-27)22-10-6-4-8-19(22)2/h3-10,15-16,28H,11-14,17H2,1-2H3. The van der Waals surface area contributed by atoms with E-state index in [0.29, 0.717) is 0 Å². The van der Waals surface area contributed by atoms with Crippen LogP contribution in [0.1, 0.15) is 35.1 Å². The van der Waals surface area contributed by atoms with Crippen LogP contribution in [0.15, 0.2) is 60.9 Å². The number of rotatable bonds is 4. The van der Waals surface area contributed by atoms with E-state index in [1.54, 1.807) is 0 Å². The van der Waals surface area contributed by atoms with Gasteiger partial charge in [-0.1, -0.05) is 48.5 Å². The molecule has 0 spiro atoms. The van der Waals surface area contributed by atoms with E-state index in [1.807, 2.05) is 36.7 Å². The molecule has 0 atom stereocenters. The lowest BCUT2D eigenvalue weighted by molar-refractivity contribution is -0.0282. The summed E-state index contributed by atoms with van der Waals surface area (Å²) in [5.74, 6) is 0.773. The van der Waals surface area contributed by atoms with E-state index in [1.165, 1.54) is 11.1 Å². The Morgan fingerprint density at radius 1 is 0.893 bits per heavy atom. The first-order chi connectivity index (χ1) is 13.5. The fourth-order valence-electron chi connectivity index (χ4n) is 4.10. The van der Waals surface area contributed by atoms with Gasteiger partial charge in [0, 0.05) is 43.2 Å². The van der Waals surface area contributed by atoms with Gasteiger partial charge < -0.3 is 5.11 Å². The van der Waals surface area contributed by atoms with Crippen molar-refractivity contribution in [3.05, 3.63) is 83.2 Å². The first-order valence-corrected chi connectivity index (χ1v) is 9.93. The van der Waals surface area contributed by atoms with Gasteiger partial charge in [-0.25, -0.2) is 9.97 Å². The van der Waals surface area contributed by atoms with Crippen molar-refractivity contribution in [3.63, 3.8) is 0 Å². The quantitative estimate of drug-likeness (QED) is 0.743. The average Bonchev–Trinajstić information content (AvgIpc) is 2.71. The van der Waals surface area contributed by atoms with Gasteiger partial charge in [-0.05, 0) is 43.4 Å². The zero-order valence-electron chi connectivity index (χ0n) is 16.6. The Kier molecular flexibility index (Phi) is 5.25. The van der Waals surface area contributed by atoms with Crippen LogP contribution in [0.2, 0.25) is 0 Å². The van der Waals surface area contributed by atoms with Crippen LogP contribution < -0.4 is 0 Å². The number of piperidine rings is 1. The second kappa shape index (κ2) is 7.82. The molecule has 2 heterocycles. The van der Waals surface area contributed by atoms with Crippen molar-refractivity contribution in [2.45, 2.75) is 38.8 Å². The van der Waals surface area contributed by atoms with E-state index in [0.717, 1.165) is 55.0 Å². The molecule has 2 aromatic carbocycles. The van der Waals surface area contributed by atoms with E-state index in [2.05, 4.69) is 53.0 Å². The molecule has 0 amide bonds. The van der Waals surface area contributed by atoms with Crippen molar-refractivity contribution in [2.24, 2.45) is 0 Å². The fourth-order valence-corrected chi connectivity index (χ4v) is 4.10. The summed E-state index contributed by atoms with van der Waals surface area (Å²) in [4.78, 5) is 11.5. The molecule has 144 valence electrons. The number of benzene rings is 2. The highest BCUT2D eigenvalue weighted by atomic mass is 16.3. The molecule has 4 heteroatoms. The summed E-state index contributed by atoms with van der Waals surface area (Å²) < 4.78 is 0. The monoisotopic (exact) mass is 373 g/mol. The minimum Gasteiger partial charge on any atom is -0.385 e. The zero-order valence-corrected chi connectivity index (χ0v) is 16.6. The van der Waals surface area contributed by atoms with Crippen LogP contribution in [0.25, 0.3) is 11.4 Å². The van der Waals surface area contributed by atoms with Gasteiger partial charge in [-0.15, -0.1) is 0 Å². The van der Waals surface area contributed by atoms with Gasteiger partial charge >= 0.3 is 0 Å². The van der Waals surface area contributed by atoms with Crippen molar-refractivity contribution in [3.8, 4) is 11.4 Å². The molecule has 1 fully saturated rings. The second-order valence-electron chi connectivity index (χ2n) is 7.85. The Labute approximate surface area is 166 Å². The highest BCUT2D eigenvalue weighted by Crippen LogP contribution is 2.35. The molecule has 0 aliphatic carbocycles. The van der Waals surface area contributed by atoms with Crippen LogP contribution in [0.3, 0.4) is 0 Å². The minimum absolute atomic E-state index is 0.715. The van der Waals surface area contributed by atoms with Crippen LogP contribution in [-0.2, 0) is 12.1 Å². The van der Waals surface area contributed by atoms with Gasteiger partial charge in [0.2, 0.25) is 0 Å². The summed E-state index contributed by atoms with van der Waals surface area (Å²) in [5, 5.41) is 11.1.